The van der Waals surface area contributed by atoms with Crippen LogP contribution in [0.2, 0.25) is 0 Å². The van der Waals surface area contributed by atoms with Crippen LogP contribution in [0.5, 0.6) is 0 Å². The molecule has 0 unspecified atom stereocenters. The number of imide groups is 1. The van der Waals surface area contributed by atoms with E-state index in [4.69, 9.17) is 12.2 Å². The van der Waals surface area contributed by atoms with Gasteiger partial charge in [-0.2, -0.15) is 10.0 Å². The number of amides is 3. The highest BCUT2D eigenvalue weighted by atomic mass is 32.2. The summed E-state index contributed by atoms with van der Waals surface area (Å²) in [5.41, 5.74) is 0. The second-order valence-electron chi connectivity index (χ2n) is 4.04. The first-order chi connectivity index (χ1) is 8.41. The topological polar surface area (TPSA) is 60.9 Å². The molecule has 2 aliphatic rings. The number of carbonyl (C=O) groups excluding carboxylic acids is 3. The van der Waals surface area contributed by atoms with Gasteiger partial charge in [0.05, 0.1) is 4.91 Å². The van der Waals surface area contributed by atoms with Crippen molar-refractivity contribution in [2.45, 2.75) is 12.8 Å². The average molecular weight is 285 g/mol. The van der Waals surface area contributed by atoms with Crippen molar-refractivity contribution in [1.29, 1.82) is 0 Å². The van der Waals surface area contributed by atoms with E-state index >= 15 is 0 Å². The Labute approximate surface area is 114 Å². The molecule has 8 heteroatoms. The Morgan fingerprint density at radius 3 is 2.22 bits per heavy atom. The first-order valence-corrected chi connectivity index (χ1v) is 6.44. The lowest BCUT2D eigenvalue weighted by atomic mass is 10.4. The maximum absolute atomic E-state index is 12.1. The number of thiocarbonyl (C=S) groups is 1. The molecule has 3 amide bonds. The summed E-state index contributed by atoms with van der Waals surface area (Å²) in [5.74, 6) is -1.20. The molecule has 2 aliphatic heterocycles. The van der Waals surface area contributed by atoms with Crippen molar-refractivity contribution in [1.82, 2.24) is 14.9 Å². The Morgan fingerprint density at radius 2 is 1.72 bits per heavy atom. The third kappa shape index (κ3) is 2.13. The first-order valence-electron chi connectivity index (χ1n) is 5.22. The summed E-state index contributed by atoms with van der Waals surface area (Å²) in [5, 5.41) is 1.85. The zero-order chi connectivity index (χ0) is 13.4. The molecule has 0 atom stereocenters. The second kappa shape index (κ2) is 4.69. The summed E-state index contributed by atoms with van der Waals surface area (Å²) in [7, 11) is 3.55. The second-order valence-corrected chi connectivity index (χ2v) is 5.72. The Balaban J connectivity index is 2.30. The Hall–Kier alpha value is -1.41. The highest BCUT2D eigenvalue weighted by Crippen LogP contribution is 2.33. The highest BCUT2D eigenvalue weighted by molar-refractivity contribution is 8.26. The van der Waals surface area contributed by atoms with Crippen molar-refractivity contribution >= 4 is 46.0 Å². The van der Waals surface area contributed by atoms with Gasteiger partial charge in [-0.3, -0.25) is 14.4 Å². The number of hydrogen-bond donors (Lipinski definition) is 0. The molecule has 0 aliphatic carbocycles. The molecule has 0 spiro atoms. The van der Waals surface area contributed by atoms with E-state index in [9.17, 15) is 14.4 Å². The number of hydrazine groups is 1. The standard InChI is InChI=1S/C10H11N3O3S2/c1-11(2)5-6-9(16)13(10(17)18-6)12-7(14)3-4-8(12)15/h5H,3-4H2,1-2H3. The molecule has 6 nitrogen and oxygen atoms in total. The summed E-state index contributed by atoms with van der Waals surface area (Å²) in [6.45, 7) is 0. The number of rotatable bonds is 2. The maximum Gasteiger partial charge on any atom is 0.287 e. The fraction of sp³-hybridized carbons (Fsp3) is 0.400. The predicted octanol–water partition coefficient (Wildman–Crippen LogP) is 0.314. The minimum Gasteiger partial charge on any atom is -0.382 e. The van der Waals surface area contributed by atoms with Gasteiger partial charge in [0.15, 0.2) is 4.32 Å². The zero-order valence-corrected chi connectivity index (χ0v) is 11.5. The normalized spacial score (nSPS) is 22.7. The van der Waals surface area contributed by atoms with E-state index in [1.54, 1.807) is 25.2 Å². The molecule has 2 rings (SSSR count). The van der Waals surface area contributed by atoms with Gasteiger partial charge in [-0.25, -0.2) is 0 Å². The number of hydrogen-bond acceptors (Lipinski definition) is 6. The minimum absolute atomic E-state index is 0.128. The lowest BCUT2D eigenvalue weighted by Crippen LogP contribution is -2.48. The van der Waals surface area contributed by atoms with Crippen LogP contribution < -0.4 is 0 Å². The molecule has 0 aromatic rings. The van der Waals surface area contributed by atoms with Gasteiger partial charge in [0, 0.05) is 33.1 Å². The van der Waals surface area contributed by atoms with Crippen LogP contribution in [0.4, 0.5) is 0 Å². The van der Waals surface area contributed by atoms with E-state index in [1.807, 2.05) is 0 Å². The van der Waals surface area contributed by atoms with E-state index in [1.165, 1.54) is 0 Å². The summed E-state index contributed by atoms with van der Waals surface area (Å²) >= 11 is 6.13. The molecule has 96 valence electrons. The predicted molar refractivity (Wildman–Crippen MR) is 69.9 cm³/mol. The number of nitrogens with zero attached hydrogens (tertiary/aromatic N) is 3. The zero-order valence-electron chi connectivity index (χ0n) is 9.87. The molecule has 0 N–H and O–H groups in total. The van der Waals surface area contributed by atoms with Crippen LogP contribution in [-0.4, -0.2) is 51.1 Å². The summed E-state index contributed by atoms with van der Waals surface area (Å²) < 4.78 is 0.205. The molecule has 2 heterocycles. The summed E-state index contributed by atoms with van der Waals surface area (Å²) in [4.78, 5) is 37.4. The van der Waals surface area contributed by atoms with E-state index in [2.05, 4.69) is 0 Å². The van der Waals surface area contributed by atoms with Crippen LogP contribution in [0.25, 0.3) is 0 Å². The lowest BCUT2D eigenvalue weighted by molar-refractivity contribution is -0.157. The molecule has 2 fully saturated rings. The van der Waals surface area contributed by atoms with Crippen molar-refractivity contribution in [2.24, 2.45) is 0 Å². The van der Waals surface area contributed by atoms with Crippen LogP contribution in [0.15, 0.2) is 11.1 Å². The smallest absolute Gasteiger partial charge is 0.287 e. The molecule has 0 bridgehead atoms. The molecule has 0 aromatic carbocycles. The van der Waals surface area contributed by atoms with Crippen LogP contribution in [0, 0.1) is 0 Å². The first kappa shape index (κ1) is 13.0. The SMILES string of the molecule is CN(C)C=C1SC(=S)N(N2C(=O)CCC2=O)C1=O. The Kier molecular flexibility index (Phi) is 3.40. The van der Waals surface area contributed by atoms with Gasteiger partial charge in [0.25, 0.3) is 5.91 Å². The molecule has 0 radical (unpaired) electrons. The molecule has 18 heavy (non-hydrogen) atoms. The largest absolute Gasteiger partial charge is 0.382 e. The molecule has 2 saturated heterocycles. The lowest BCUT2D eigenvalue weighted by Gasteiger charge is -2.23. The van der Waals surface area contributed by atoms with Gasteiger partial charge in [-0.1, -0.05) is 11.8 Å². The van der Waals surface area contributed by atoms with E-state index in [0.717, 1.165) is 21.8 Å². The van der Waals surface area contributed by atoms with Crippen molar-refractivity contribution < 1.29 is 14.4 Å². The van der Waals surface area contributed by atoms with Gasteiger partial charge in [0.2, 0.25) is 11.8 Å². The van der Waals surface area contributed by atoms with Crippen LogP contribution in [-0.2, 0) is 14.4 Å². The maximum atomic E-state index is 12.1. The quantitative estimate of drug-likeness (QED) is 0.413. The number of thioether (sulfide) groups is 1. The van der Waals surface area contributed by atoms with Gasteiger partial charge >= 0.3 is 0 Å². The van der Waals surface area contributed by atoms with Gasteiger partial charge in [-0.15, -0.1) is 0 Å². The van der Waals surface area contributed by atoms with E-state index in [-0.39, 0.29) is 29.0 Å². The summed E-state index contributed by atoms with van der Waals surface area (Å²) in [6.07, 6.45) is 1.87. The molecule has 0 aromatic heterocycles. The van der Waals surface area contributed by atoms with Crippen LogP contribution in [0.3, 0.4) is 0 Å². The summed E-state index contributed by atoms with van der Waals surface area (Å²) in [6, 6.07) is 0. The fourth-order valence-corrected chi connectivity index (χ4v) is 2.95. The molecule has 0 saturated carbocycles. The number of carbonyl (C=O) groups is 3. The Morgan fingerprint density at radius 1 is 1.17 bits per heavy atom. The van der Waals surface area contributed by atoms with Crippen molar-refractivity contribution in [3.63, 3.8) is 0 Å². The van der Waals surface area contributed by atoms with E-state index < -0.39 is 5.91 Å². The van der Waals surface area contributed by atoms with Crippen molar-refractivity contribution in [2.75, 3.05) is 14.1 Å². The average Bonchev–Trinajstić information content (AvgIpc) is 2.71. The fourth-order valence-electron chi connectivity index (χ4n) is 1.64. The third-order valence-corrected chi connectivity index (χ3v) is 3.64. The van der Waals surface area contributed by atoms with Crippen molar-refractivity contribution in [3.8, 4) is 0 Å². The van der Waals surface area contributed by atoms with Crippen LogP contribution >= 0.6 is 24.0 Å². The van der Waals surface area contributed by atoms with Gasteiger partial charge in [0.1, 0.15) is 0 Å². The third-order valence-electron chi connectivity index (χ3n) is 2.37. The Bertz CT molecular complexity index is 471. The van der Waals surface area contributed by atoms with E-state index in [0.29, 0.717) is 4.91 Å². The van der Waals surface area contributed by atoms with Crippen molar-refractivity contribution in [3.05, 3.63) is 11.1 Å². The molecular formula is C10H11N3O3S2. The van der Waals surface area contributed by atoms with Gasteiger partial charge in [-0.05, 0) is 12.2 Å². The minimum atomic E-state index is -0.428. The monoisotopic (exact) mass is 285 g/mol. The van der Waals surface area contributed by atoms with Gasteiger partial charge < -0.3 is 4.90 Å². The highest BCUT2D eigenvalue weighted by Gasteiger charge is 2.44. The molecular weight excluding hydrogens is 274 g/mol. The van der Waals surface area contributed by atoms with Crippen LogP contribution in [0.1, 0.15) is 12.8 Å².